The van der Waals surface area contributed by atoms with Crippen LogP contribution in [0.4, 0.5) is 11.4 Å². The number of carbonyl (C=O) groups excluding carboxylic acids is 2. The Hall–Kier alpha value is -4.46. The highest BCUT2D eigenvalue weighted by Gasteiger charge is 2.25. The van der Waals surface area contributed by atoms with Gasteiger partial charge in [-0.15, -0.1) is 0 Å². The molecule has 34 heavy (non-hydrogen) atoms. The van der Waals surface area contributed by atoms with Crippen molar-refractivity contribution in [2.75, 3.05) is 24.9 Å². The van der Waals surface area contributed by atoms with Gasteiger partial charge in [0.1, 0.15) is 17.0 Å². The van der Waals surface area contributed by atoms with E-state index in [4.69, 9.17) is 18.6 Å². The van der Waals surface area contributed by atoms with Crippen LogP contribution in [0.2, 0.25) is 0 Å². The lowest BCUT2D eigenvalue weighted by Crippen LogP contribution is -2.31. The van der Waals surface area contributed by atoms with Crippen LogP contribution in [0.3, 0.4) is 0 Å². The lowest BCUT2D eigenvalue weighted by Gasteiger charge is -2.16. The zero-order valence-corrected chi connectivity index (χ0v) is 19.0. The van der Waals surface area contributed by atoms with E-state index in [0.717, 1.165) is 0 Å². The third-order valence-corrected chi connectivity index (χ3v) is 5.14. The van der Waals surface area contributed by atoms with E-state index in [1.165, 1.54) is 7.11 Å². The molecule has 174 valence electrons. The summed E-state index contributed by atoms with van der Waals surface area (Å²) in [7, 11) is 3.09. The number of amides is 2. The first-order valence-electron chi connectivity index (χ1n) is 10.6. The van der Waals surface area contributed by atoms with E-state index in [9.17, 15) is 9.59 Å². The number of hydrogen-bond acceptors (Lipinski definition) is 6. The van der Waals surface area contributed by atoms with Crippen molar-refractivity contribution in [3.8, 4) is 17.2 Å². The van der Waals surface area contributed by atoms with E-state index in [1.807, 2.05) is 6.07 Å². The Balaban J connectivity index is 1.58. The molecule has 1 heterocycles. The van der Waals surface area contributed by atoms with Crippen molar-refractivity contribution in [2.45, 2.75) is 13.0 Å². The van der Waals surface area contributed by atoms with E-state index in [1.54, 1.807) is 80.8 Å². The Labute approximate surface area is 196 Å². The molecule has 8 heteroatoms. The van der Waals surface area contributed by atoms with Gasteiger partial charge in [-0.1, -0.05) is 24.3 Å². The molecule has 0 spiro atoms. The second kappa shape index (κ2) is 9.99. The summed E-state index contributed by atoms with van der Waals surface area (Å²) < 4.78 is 22.0. The number of methoxy groups -OCH3 is 2. The van der Waals surface area contributed by atoms with Gasteiger partial charge in [0.25, 0.3) is 11.8 Å². The third-order valence-electron chi connectivity index (χ3n) is 5.14. The normalized spacial score (nSPS) is 11.5. The van der Waals surface area contributed by atoms with Crippen molar-refractivity contribution < 1.29 is 28.2 Å². The molecule has 4 rings (SSSR count). The Morgan fingerprint density at radius 2 is 1.50 bits per heavy atom. The van der Waals surface area contributed by atoms with Crippen LogP contribution in [0.25, 0.3) is 11.0 Å². The van der Waals surface area contributed by atoms with Gasteiger partial charge in [-0.25, -0.2) is 0 Å². The fraction of sp³-hybridized carbons (Fsp3) is 0.154. The number of fused-ring (bicyclic) bond motifs is 1. The van der Waals surface area contributed by atoms with E-state index >= 15 is 0 Å². The maximum absolute atomic E-state index is 13.0. The molecule has 3 aromatic carbocycles. The number of ether oxygens (including phenoxy) is 3. The Morgan fingerprint density at radius 3 is 2.21 bits per heavy atom. The summed E-state index contributed by atoms with van der Waals surface area (Å²) in [6.45, 7) is 1.61. The lowest BCUT2D eigenvalue weighted by atomic mass is 10.2. The number of benzene rings is 3. The lowest BCUT2D eigenvalue weighted by molar-refractivity contribution is -0.122. The zero-order chi connectivity index (χ0) is 24.1. The van der Waals surface area contributed by atoms with Crippen molar-refractivity contribution in [1.82, 2.24) is 0 Å². The molecule has 0 radical (unpaired) electrons. The molecule has 2 N–H and O–H groups in total. The average molecular weight is 460 g/mol. The highest BCUT2D eigenvalue weighted by Crippen LogP contribution is 2.32. The highest BCUT2D eigenvalue weighted by molar-refractivity contribution is 6.15. The topological polar surface area (TPSA) is 99.0 Å². The maximum atomic E-state index is 13.0. The molecule has 0 aliphatic carbocycles. The highest BCUT2D eigenvalue weighted by atomic mass is 16.5. The molecule has 0 aliphatic rings. The summed E-state index contributed by atoms with van der Waals surface area (Å²) in [5, 5.41) is 6.18. The minimum Gasteiger partial charge on any atom is -0.497 e. The second-order valence-electron chi connectivity index (χ2n) is 7.39. The van der Waals surface area contributed by atoms with Crippen LogP contribution >= 0.6 is 0 Å². The first kappa shape index (κ1) is 22.7. The van der Waals surface area contributed by atoms with Crippen LogP contribution in [0, 0.1) is 0 Å². The molecular formula is C26H24N2O6. The third kappa shape index (κ3) is 4.80. The predicted octanol–water partition coefficient (Wildman–Crippen LogP) is 5.11. The van der Waals surface area contributed by atoms with Gasteiger partial charge in [-0.05, 0) is 55.5 Å². The average Bonchev–Trinajstić information content (AvgIpc) is 3.23. The Bertz CT molecular complexity index is 1310. The predicted molar refractivity (Wildman–Crippen MR) is 129 cm³/mol. The summed E-state index contributed by atoms with van der Waals surface area (Å²) in [4.78, 5) is 26.0. The molecule has 0 fully saturated rings. The molecule has 0 bridgehead atoms. The fourth-order valence-electron chi connectivity index (χ4n) is 3.38. The Morgan fingerprint density at radius 1 is 0.824 bits per heavy atom. The maximum Gasteiger partial charge on any atom is 0.293 e. The number of rotatable bonds is 8. The molecule has 0 aliphatic heterocycles. The van der Waals surface area contributed by atoms with Crippen LogP contribution in [0.1, 0.15) is 17.5 Å². The van der Waals surface area contributed by atoms with Crippen LogP contribution in [0.15, 0.2) is 77.2 Å². The first-order chi connectivity index (χ1) is 16.5. The first-order valence-corrected chi connectivity index (χ1v) is 10.6. The zero-order valence-electron chi connectivity index (χ0n) is 19.0. The van der Waals surface area contributed by atoms with Crippen molar-refractivity contribution >= 4 is 34.2 Å². The van der Waals surface area contributed by atoms with Crippen LogP contribution in [-0.2, 0) is 4.79 Å². The van der Waals surface area contributed by atoms with Gasteiger partial charge in [0, 0.05) is 11.1 Å². The van der Waals surface area contributed by atoms with Gasteiger partial charge >= 0.3 is 0 Å². The molecule has 4 aromatic rings. The number of anilines is 2. The molecule has 0 unspecified atom stereocenters. The minimum absolute atomic E-state index is 0.0186. The van der Waals surface area contributed by atoms with Crippen molar-refractivity contribution in [3.05, 3.63) is 78.6 Å². The van der Waals surface area contributed by atoms with Crippen molar-refractivity contribution in [1.29, 1.82) is 0 Å². The van der Waals surface area contributed by atoms with E-state index in [2.05, 4.69) is 10.6 Å². The molecule has 1 atom stereocenters. The SMILES string of the molecule is COc1ccc(NC(=O)c2oc3ccccc3c2NC(=O)[C@@H](C)Oc2ccccc2OC)cc1. The van der Waals surface area contributed by atoms with Gasteiger partial charge < -0.3 is 29.3 Å². The molecular weight excluding hydrogens is 436 g/mol. The van der Waals surface area contributed by atoms with Gasteiger partial charge in [-0.2, -0.15) is 0 Å². The van der Waals surface area contributed by atoms with E-state index in [-0.39, 0.29) is 11.4 Å². The standard InChI is InChI=1S/C26H24N2O6/c1-16(33-22-11-7-6-10-21(22)32-3)25(29)28-23-19-8-4-5-9-20(19)34-24(23)26(30)27-17-12-14-18(31-2)15-13-17/h4-16H,1-3H3,(H,27,30)(H,28,29)/t16-/m1/s1. The molecule has 1 aromatic heterocycles. The summed E-state index contributed by atoms with van der Waals surface area (Å²) in [6.07, 6.45) is -0.873. The van der Waals surface area contributed by atoms with Gasteiger partial charge in [0.05, 0.1) is 14.2 Å². The Kier molecular flexibility index (Phi) is 6.68. The van der Waals surface area contributed by atoms with Crippen LogP contribution < -0.4 is 24.8 Å². The van der Waals surface area contributed by atoms with Gasteiger partial charge in [0.2, 0.25) is 5.76 Å². The second-order valence-corrected chi connectivity index (χ2v) is 7.39. The summed E-state index contributed by atoms with van der Waals surface area (Å²) >= 11 is 0. The summed E-state index contributed by atoms with van der Waals surface area (Å²) in [6, 6.07) is 21.0. The van der Waals surface area contributed by atoms with Crippen LogP contribution in [0.5, 0.6) is 17.2 Å². The largest absolute Gasteiger partial charge is 0.497 e. The fourth-order valence-corrected chi connectivity index (χ4v) is 3.38. The molecule has 2 amide bonds. The molecule has 0 saturated carbocycles. The monoisotopic (exact) mass is 460 g/mol. The van der Waals surface area contributed by atoms with Crippen LogP contribution in [-0.4, -0.2) is 32.1 Å². The number of nitrogens with one attached hydrogen (secondary N) is 2. The quantitative estimate of drug-likeness (QED) is 0.379. The number of carbonyl (C=O) groups is 2. The van der Waals surface area contributed by atoms with E-state index < -0.39 is 17.9 Å². The van der Waals surface area contributed by atoms with Crippen molar-refractivity contribution in [3.63, 3.8) is 0 Å². The summed E-state index contributed by atoms with van der Waals surface area (Å²) in [5.41, 5.74) is 1.29. The number of hydrogen-bond donors (Lipinski definition) is 2. The molecule has 8 nitrogen and oxygen atoms in total. The smallest absolute Gasteiger partial charge is 0.293 e. The molecule has 0 saturated heterocycles. The van der Waals surface area contributed by atoms with Gasteiger partial charge in [-0.3, -0.25) is 9.59 Å². The summed E-state index contributed by atoms with van der Waals surface area (Å²) in [5.74, 6) is 0.636. The number of furan rings is 1. The van der Waals surface area contributed by atoms with Gasteiger partial charge in [0.15, 0.2) is 17.6 Å². The van der Waals surface area contributed by atoms with Crippen molar-refractivity contribution in [2.24, 2.45) is 0 Å². The minimum atomic E-state index is -0.873. The van der Waals surface area contributed by atoms with E-state index in [0.29, 0.717) is 33.9 Å². The number of para-hydroxylation sites is 3.